The molecule has 0 fully saturated rings. The van der Waals surface area contributed by atoms with Gasteiger partial charge in [-0.3, -0.25) is 0 Å². The van der Waals surface area contributed by atoms with Crippen LogP contribution in [0, 0.1) is 0 Å². The normalized spacial score (nSPS) is 12.5. The molecule has 6 heavy (non-hydrogen) atoms. The Balaban J connectivity index is 0. The maximum Gasteiger partial charge on any atom is 2.00 e. The molecule has 0 aromatic carbocycles. The molecule has 0 aliphatic rings. The third kappa shape index (κ3) is 8.84. The van der Waals surface area contributed by atoms with Gasteiger partial charge >= 0.3 is 17.1 Å². The molecule has 0 saturated carbocycles. The predicted octanol–water partition coefficient (Wildman–Crippen LogP) is -2.14. The van der Waals surface area contributed by atoms with Crippen molar-refractivity contribution in [2.75, 3.05) is 0 Å². The van der Waals surface area contributed by atoms with Gasteiger partial charge in [0.2, 0.25) is 0 Å². The quantitative estimate of drug-likeness (QED) is 0.201. The molecule has 0 spiro atoms. The Bertz CT molecular complexity index is 21.5. The number of hydrogen-bond acceptors (Lipinski definition) is 4. The SMILES string of the molecule is [Fe+2].[O-]OP([O-])O. The Morgan fingerprint density at radius 2 is 1.83 bits per heavy atom. The zero-order chi connectivity index (χ0) is 4.28. The van der Waals surface area contributed by atoms with Crippen molar-refractivity contribution in [1.82, 2.24) is 0 Å². The largest absolute Gasteiger partial charge is 2.00 e. The van der Waals surface area contributed by atoms with Crippen LogP contribution in [0.15, 0.2) is 0 Å². The molecule has 4 nitrogen and oxygen atoms in total. The summed E-state index contributed by atoms with van der Waals surface area (Å²) >= 11 is 0. The predicted molar refractivity (Wildman–Crippen MR) is 10.2 cm³/mol. The first kappa shape index (κ1) is 9.92. The molecule has 6 heteroatoms. The van der Waals surface area contributed by atoms with Gasteiger partial charge < -0.3 is 19.7 Å². The van der Waals surface area contributed by atoms with E-state index in [0.717, 1.165) is 0 Å². The molecule has 0 aromatic heterocycles. The fourth-order valence-corrected chi connectivity index (χ4v) is 0. The summed E-state index contributed by atoms with van der Waals surface area (Å²) in [5.41, 5.74) is 0. The molecule has 0 bridgehead atoms. The Hall–Kier alpha value is 0.789. The zero-order valence-electron chi connectivity index (χ0n) is 2.47. The molecular formula is HFeO4P. The number of rotatable bonds is 1. The van der Waals surface area contributed by atoms with Crippen LogP contribution in [0.5, 0.6) is 0 Å². The minimum atomic E-state index is -2.90. The molecule has 0 aliphatic heterocycles. The topological polar surface area (TPSA) is 75.6 Å². The van der Waals surface area contributed by atoms with Crippen molar-refractivity contribution in [3.8, 4) is 0 Å². The summed E-state index contributed by atoms with van der Waals surface area (Å²) < 4.78 is 2.56. The maximum absolute atomic E-state index is 8.98. The second kappa shape index (κ2) is 5.79. The molecule has 1 unspecified atom stereocenters. The van der Waals surface area contributed by atoms with Gasteiger partial charge in [0.05, 0.1) is 8.60 Å². The van der Waals surface area contributed by atoms with E-state index in [1.807, 2.05) is 0 Å². The summed E-state index contributed by atoms with van der Waals surface area (Å²) in [6.45, 7) is 0. The van der Waals surface area contributed by atoms with Gasteiger partial charge in [0.15, 0.2) is 0 Å². The first-order valence-corrected chi connectivity index (χ1v) is 1.86. The average Bonchev–Trinajstić information content (AvgIpc) is 1.38. The van der Waals surface area contributed by atoms with Crippen molar-refractivity contribution < 1.29 is 36.8 Å². The third-order valence-electron chi connectivity index (χ3n) is 0.0638. The van der Waals surface area contributed by atoms with Crippen LogP contribution in [0.4, 0.5) is 0 Å². The molecule has 0 heterocycles. The van der Waals surface area contributed by atoms with Crippen LogP contribution in [0.1, 0.15) is 0 Å². The smallest absolute Gasteiger partial charge is 0.787 e. The van der Waals surface area contributed by atoms with E-state index in [-0.39, 0.29) is 17.1 Å². The Morgan fingerprint density at radius 3 is 1.83 bits per heavy atom. The fourth-order valence-electron chi connectivity index (χ4n) is 0. The summed E-state index contributed by atoms with van der Waals surface area (Å²) in [7, 11) is -2.90. The van der Waals surface area contributed by atoms with Crippen molar-refractivity contribution >= 4 is 8.60 Å². The van der Waals surface area contributed by atoms with Crippen molar-refractivity contribution in [3.63, 3.8) is 0 Å². The number of hydrogen-bond donors (Lipinski definition) is 1. The second-order valence-electron chi connectivity index (χ2n) is 0.312. The van der Waals surface area contributed by atoms with E-state index in [4.69, 9.17) is 15.0 Å². The van der Waals surface area contributed by atoms with E-state index in [0.29, 0.717) is 0 Å². The summed E-state index contributed by atoms with van der Waals surface area (Å²) in [4.78, 5) is 16.3. The van der Waals surface area contributed by atoms with Gasteiger partial charge in [0.25, 0.3) is 0 Å². The van der Waals surface area contributed by atoms with Crippen LogP contribution in [-0.2, 0) is 21.7 Å². The molecule has 0 radical (unpaired) electrons. The van der Waals surface area contributed by atoms with Crippen molar-refractivity contribution in [1.29, 1.82) is 0 Å². The van der Waals surface area contributed by atoms with Gasteiger partial charge in [-0.25, -0.2) is 0 Å². The van der Waals surface area contributed by atoms with E-state index in [9.17, 15) is 0 Å². The molecule has 0 amide bonds. The summed E-state index contributed by atoms with van der Waals surface area (Å²) in [6, 6.07) is 0. The monoisotopic (exact) mass is 152 g/mol. The maximum atomic E-state index is 8.98. The van der Waals surface area contributed by atoms with Crippen LogP contribution in [-0.4, -0.2) is 4.89 Å². The van der Waals surface area contributed by atoms with Crippen molar-refractivity contribution in [2.24, 2.45) is 0 Å². The van der Waals surface area contributed by atoms with Crippen LogP contribution in [0.2, 0.25) is 0 Å². The van der Waals surface area contributed by atoms with Crippen LogP contribution in [0.25, 0.3) is 0 Å². The zero-order valence-corrected chi connectivity index (χ0v) is 4.47. The van der Waals surface area contributed by atoms with E-state index in [1.165, 1.54) is 0 Å². The minimum absolute atomic E-state index is 0. The first-order chi connectivity index (χ1) is 2.27. The van der Waals surface area contributed by atoms with Crippen LogP contribution in [0.3, 0.4) is 0 Å². The Morgan fingerprint density at radius 1 is 1.67 bits per heavy atom. The van der Waals surface area contributed by atoms with Gasteiger partial charge in [-0.1, -0.05) is 0 Å². The molecule has 0 rings (SSSR count). The van der Waals surface area contributed by atoms with Gasteiger partial charge in [-0.15, -0.1) is 0 Å². The van der Waals surface area contributed by atoms with E-state index >= 15 is 0 Å². The summed E-state index contributed by atoms with van der Waals surface area (Å²) in [5.74, 6) is 0. The Kier molecular flexibility index (Phi) is 9.57. The standard InChI is InChI=1S/Fe.H2O4P/c;1-4-5(2)3/h;1-2H/q+2;-1/p-1. The second-order valence-corrected chi connectivity index (χ2v) is 0.937. The molecule has 0 saturated heterocycles. The van der Waals surface area contributed by atoms with E-state index in [2.05, 4.69) is 4.67 Å². The van der Waals surface area contributed by atoms with Crippen LogP contribution < -0.4 is 10.2 Å². The molecule has 38 valence electrons. The van der Waals surface area contributed by atoms with Crippen LogP contribution >= 0.6 is 8.60 Å². The Labute approximate surface area is 46.2 Å². The molecule has 0 aromatic rings. The summed E-state index contributed by atoms with van der Waals surface area (Å²) in [6.07, 6.45) is 0. The van der Waals surface area contributed by atoms with Crippen molar-refractivity contribution in [2.45, 2.75) is 0 Å². The molecule has 1 atom stereocenters. The third-order valence-corrected chi connectivity index (χ3v) is 0.191. The molecule has 0 aliphatic carbocycles. The van der Waals surface area contributed by atoms with Gasteiger partial charge in [0.1, 0.15) is 0 Å². The minimum Gasteiger partial charge on any atom is -0.787 e. The van der Waals surface area contributed by atoms with Crippen molar-refractivity contribution in [3.05, 3.63) is 0 Å². The van der Waals surface area contributed by atoms with Gasteiger partial charge in [-0.05, 0) is 0 Å². The molecular weight excluding hydrogens is 151 g/mol. The van der Waals surface area contributed by atoms with E-state index < -0.39 is 8.60 Å². The fraction of sp³-hybridized carbons (Fsp3) is 0. The van der Waals surface area contributed by atoms with Gasteiger partial charge in [0, 0.05) is 0 Å². The summed E-state index contributed by atoms with van der Waals surface area (Å²) in [5, 5.41) is 8.60. The molecule has 1 N–H and O–H groups in total. The average molecular weight is 152 g/mol. The van der Waals surface area contributed by atoms with Gasteiger partial charge in [-0.2, -0.15) is 0 Å². The first-order valence-electron chi connectivity index (χ1n) is 0.732. The van der Waals surface area contributed by atoms with E-state index in [1.54, 1.807) is 0 Å².